The van der Waals surface area contributed by atoms with E-state index in [2.05, 4.69) is 44.6 Å². The summed E-state index contributed by atoms with van der Waals surface area (Å²) in [4.78, 5) is 12.9. The van der Waals surface area contributed by atoms with Crippen molar-refractivity contribution in [3.63, 3.8) is 0 Å². The number of piperidine rings is 1. The van der Waals surface area contributed by atoms with Crippen LogP contribution in [-0.4, -0.2) is 42.2 Å². The Bertz CT molecular complexity index is 1120. The summed E-state index contributed by atoms with van der Waals surface area (Å²) >= 11 is 0. The van der Waals surface area contributed by atoms with Gasteiger partial charge < -0.3 is 4.98 Å². The molecule has 0 saturated carbocycles. The van der Waals surface area contributed by atoms with Crippen LogP contribution in [0, 0.1) is 6.92 Å². The molecule has 2 aliphatic rings. The molecule has 2 N–H and O–H groups in total. The fourth-order valence-corrected chi connectivity index (χ4v) is 3.87. The Morgan fingerprint density at radius 1 is 1.11 bits per heavy atom. The van der Waals surface area contributed by atoms with Crippen molar-refractivity contribution >= 4 is 16.2 Å². The minimum atomic E-state index is -5.34. The fraction of sp³-hybridized carbons (Fsp3) is 0.545. The molecule has 3 heterocycles. The number of hydrogen-bond donors (Lipinski definition) is 2. The Hall–Kier alpha value is -2.45. The van der Waals surface area contributed by atoms with Crippen LogP contribution in [0.25, 0.3) is 6.08 Å². The van der Waals surface area contributed by atoms with E-state index in [9.17, 15) is 34.8 Å². The number of halogens is 6. The van der Waals surface area contributed by atoms with Crippen molar-refractivity contribution in [2.24, 2.45) is 0 Å². The van der Waals surface area contributed by atoms with Gasteiger partial charge in [0.1, 0.15) is 5.82 Å². The monoisotopic (exact) mass is 542 g/mol. The lowest BCUT2D eigenvalue weighted by molar-refractivity contribution is -0.110. The Kier molecular flexibility index (Phi) is 10.1. The molecular weight excluding hydrogens is 514 g/mol. The van der Waals surface area contributed by atoms with Gasteiger partial charge in [-0.15, -0.1) is 0 Å². The van der Waals surface area contributed by atoms with E-state index in [1.54, 1.807) is 0 Å². The second kappa shape index (κ2) is 12.2. The van der Waals surface area contributed by atoms with E-state index < -0.39 is 21.8 Å². The number of imidazole rings is 1. The maximum atomic E-state index is 11.1. The molecule has 7 nitrogen and oxygen atoms in total. The van der Waals surface area contributed by atoms with E-state index in [1.165, 1.54) is 23.4 Å². The minimum Gasteiger partial charge on any atom is -0.344 e. The number of hydrogen-bond acceptors (Lipinski definition) is 6. The van der Waals surface area contributed by atoms with Crippen LogP contribution < -0.4 is 5.32 Å². The van der Waals surface area contributed by atoms with Crippen LogP contribution in [0.3, 0.4) is 0 Å². The molecule has 0 aromatic carbocycles. The van der Waals surface area contributed by atoms with Gasteiger partial charge in [0.05, 0.1) is 30.6 Å². The highest BCUT2D eigenvalue weighted by molar-refractivity contribution is 7.87. The average Bonchev–Trinajstić information content (AvgIpc) is 3.22. The van der Waals surface area contributed by atoms with Gasteiger partial charge in [0.15, 0.2) is 0 Å². The highest BCUT2D eigenvalue weighted by Crippen LogP contribution is 2.33. The molecule has 0 radical (unpaired) electrons. The number of allylic oxidation sites excluding steroid dienone is 1. The van der Waals surface area contributed by atoms with Crippen molar-refractivity contribution in [3.8, 4) is 0 Å². The van der Waals surface area contributed by atoms with E-state index >= 15 is 0 Å². The summed E-state index contributed by atoms with van der Waals surface area (Å²) in [6.45, 7) is 2.33. The zero-order valence-electron chi connectivity index (χ0n) is 19.9. The van der Waals surface area contributed by atoms with Gasteiger partial charge in [-0.25, -0.2) is 4.98 Å². The number of aromatic nitrogens is 3. The summed E-state index contributed by atoms with van der Waals surface area (Å²) in [6.07, 6.45) is 7.93. The maximum Gasteiger partial charge on any atom is 0.523 e. The molecule has 36 heavy (non-hydrogen) atoms. The van der Waals surface area contributed by atoms with E-state index in [0.29, 0.717) is 19.2 Å². The summed E-state index contributed by atoms with van der Waals surface area (Å²) < 4.78 is 86.9. The Labute approximate surface area is 205 Å². The van der Waals surface area contributed by atoms with Gasteiger partial charge in [0, 0.05) is 18.8 Å². The normalized spacial score (nSPS) is 19.9. The van der Waals surface area contributed by atoms with Crippen LogP contribution in [0.4, 0.5) is 26.3 Å². The topological polar surface area (TPSA) is 97.0 Å². The van der Waals surface area contributed by atoms with E-state index in [1.807, 2.05) is 12.3 Å². The molecule has 2 atom stereocenters. The number of aryl methyl sites for hydroxylation is 2. The number of fused-ring (bicyclic) bond motifs is 1. The second-order valence-electron chi connectivity index (χ2n) is 8.18. The second-order valence-corrected chi connectivity index (χ2v) is 9.89. The standard InChI is InChI=1S/C18H22N4.C2H3F3O3S.C2H3F3/c1-12-6-5-11-19-17(12)15-9-4-10-16(20-15)18-21-13-7-2-3-8-14(13)22-18;1-8-9(6,7)2(3,4)5;1-2(3,4)5/h2,5-7,11,15-16,20H,3-4,8-10H2,1H3,(H,21,22);1H3;1H3/t15?,16-;;/m1../s1. The number of H-pyrrole nitrogens is 1. The molecule has 1 saturated heterocycles. The number of pyridine rings is 1. The first-order valence-corrected chi connectivity index (χ1v) is 12.4. The molecule has 2 aromatic heterocycles. The third-order valence-corrected chi connectivity index (χ3v) is 6.27. The van der Waals surface area contributed by atoms with Gasteiger partial charge in [0.2, 0.25) is 0 Å². The molecule has 1 aliphatic carbocycles. The SMILES string of the molecule is CC(F)(F)F.COS(=O)(=O)C(F)(F)F.Cc1cccnc1C1CCC[C@H](c2nc3c([nH]2)CCC=C3)N1. The van der Waals surface area contributed by atoms with Crippen molar-refractivity contribution in [1.29, 1.82) is 0 Å². The molecule has 4 rings (SSSR count). The van der Waals surface area contributed by atoms with Crippen molar-refractivity contribution in [2.45, 2.75) is 69.7 Å². The summed E-state index contributed by atoms with van der Waals surface area (Å²) in [5, 5.41) is 3.76. The van der Waals surface area contributed by atoms with Gasteiger partial charge in [0.25, 0.3) is 0 Å². The first-order chi connectivity index (χ1) is 16.6. The minimum absolute atomic E-state index is 0.188. The quantitative estimate of drug-likeness (QED) is 0.294. The highest BCUT2D eigenvalue weighted by atomic mass is 32.2. The van der Waals surface area contributed by atoms with Crippen LogP contribution in [0.5, 0.6) is 0 Å². The number of alkyl halides is 6. The smallest absolute Gasteiger partial charge is 0.344 e. The average molecular weight is 543 g/mol. The van der Waals surface area contributed by atoms with Crippen LogP contribution in [0.15, 0.2) is 24.4 Å². The molecular formula is C22H28F6N4O3S. The molecule has 1 aliphatic heterocycles. The zero-order valence-corrected chi connectivity index (χ0v) is 20.7. The van der Waals surface area contributed by atoms with Gasteiger partial charge in [-0.2, -0.15) is 34.8 Å². The lowest BCUT2D eigenvalue weighted by Crippen LogP contribution is -2.32. The van der Waals surface area contributed by atoms with Crippen LogP contribution in [-0.2, 0) is 20.7 Å². The van der Waals surface area contributed by atoms with Crippen LogP contribution in [0.1, 0.15) is 73.2 Å². The zero-order chi connectivity index (χ0) is 27.1. The van der Waals surface area contributed by atoms with Crippen molar-refractivity contribution in [1.82, 2.24) is 20.3 Å². The Morgan fingerprint density at radius 2 is 1.75 bits per heavy atom. The molecule has 0 bridgehead atoms. The number of nitrogens with one attached hydrogen (secondary N) is 2. The summed E-state index contributed by atoms with van der Waals surface area (Å²) in [5.74, 6) is 1.09. The van der Waals surface area contributed by atoms with Gasteiger partial charge in [-0.3, -0.25) is 14.5 Å². The van der Waals surface area contributed by atoms with Crippen molar-refractivity contribution in [2.75, 3.05) is 7.11 Å². The fourth-order valence-electron chi connectivity index (χ4n) is 3.68. The summed E-state index contributed by atoms with van der Waals surface area (Å²) in [6, 6.07) is 4.78. The predicted octanol–water partition coefficient (Wildman–Crippen LogP) is 5.68. The van der Waals surface area contributed by atoms with Crippen molar-refractivity contribution < 1.29 is 38.9 Å². The highest BCUT2D eigenvalue weighted by Gasteiger charge is 2.46. The number of aromatic amines is 1. The van der Waals surface area contributed by atoms with Gasteiger partial charge in [-0.05, 0) is 56.7 Å². The first-order valence-electron chi connectivity index (χ1n) is 11.0. The number of rotatable bonds is 3. The van der Waals surface area contributed by atoms with E-state index in [0.717, 1.165) is 37.2 Å². The van der Waals surface area contributed by atoms with Crippen LogP contribution in [0.2, 0.25) is 0 Å². The Balaban J connectivity index is 0.000000273. The Morgan fingerprint density at radius 3 is 2.28 bits per heavy atom. The first kappa shape index (κ1) is 29.8. The molecule has 1 unspecified atom stereocenters. The predicted molar refractivity (Wildman–Crippen MR) is 121 cm³/mol. The van der Waals surface area contributed by atoms with Gasteiger partial charge >= 0.3 is 21.8 Å². The third kappa shape index (κ3) is 8.89. The van der Waals surface area contributed by atoms with Crippen LogP contribution >= 0.6 is 0 Å². The third-order valence-electron chi connectivity index (χ3n) is 5.27. The molecule has 202 valence electrons. The van der Waals surface area contributed by atoms with Gasteiger partial charge in [-0.1, -0.05) is 12.1 Å². The summed E-state index contributed by atoms with van der Waals surface area (Å²) in [7, 11) is -4.89. The lowest BCUT2D eigenvalue weighted by Gasteiger charge is -2.30. The van der Waals surface area contributed by atoms with Crippen molar-refractivity contribution in [3.05, 3.63) is 52.9 Å². The van der Waals surface area contributed by atoms with E-state index in [4.69, 9.17) is 4.98 Å². The molecule has 1 fully saturated rings. The molecule has 2 aromatic rings. The molecule has 0 amide bonds. The number of nitrogens with zero attached hydrogens (tertiary/aromatic N) is 2. The summed E-state index contributed by atoms with van der Waals surface area (Å²) in [5.41, 5.74) is -0.442. The molecule has 0 spiro atoms. The maximum absolute atomic E-state index is 11.1. The lowest BCUT2D eigenvalue weighted by atomic mass is 9.94. The molecule has 14 heteroatoms. The van der Waals surface area contributed by atoms with E-state index in [-0.39, 0.29) is 6.92 Å². The largest absolute Gasteiger partial charge is 0.523 e.